The predicted molar refractivity (Wildman–Crippen MR) is 76.2 cm³/mol. The number of rotatable bonds is 7. The molecule has 0 aliphatic heterocycles. The quantitative estimate of drug-likeness (QED) is 0.746. The Morgan fingerprint density at radius 3 is 2.39 bits per heavy atom. The maximum atomic E-state index is 14.2. The van der Waals surface area contributed by atoms with E-state index < -0.39 is 0 Å². The van der Waals surface area contributed by atoms with Crippen molar-refractivity contribution in [3.63, 3.8) is 0 Å². The van der Waals surface area contributed by atoms with Crippen molar-refractivity contribution in [3.05, 3.63) is 35.1 Å². The van der Waals surface area contributed by atoms with Gasteiger partial charge in [0.15, 0.2) is 0 Å². The zero-order valence-corrected chi connectivity index (χ0v) is 12.1. The zero-order valence-electron chi connectivity index (χ0n) is 12.1. The molecule has 1 aromatic rings. The van der Waals surface area contributed by atoms with Crippen molar-refractivity contribution in [1.29, 1.82) is 0 Å². The SMILES string of the molecule is CCNC(CC(CC)CC)c1cccc(C)c1F. The first-order valence-corrected chi connectivity index (χ1v) is 7.12. The van der Waals surface area contributed by atoms with Crippen molar-refractivity contribution in [1.82, 2.24) is 5.32 Å². The lowest BCUT2D eigenvalue weighted by Crippen LogP contribution is -2.24. The van der Waals surface area contributed by atoms with Crippen LogP contribution in [0.15, 0.2) is 18.2 Å². The van der Waals surface area contributed by atoms with Gasteiger partial charge in [-0.15, -0.1) is 0 Å². The average molecular weight is 251 g/mol. The number of halogens is 1. The monoisotopic (exact) mass is 251 g/mol. The maximum Gasteiger partial charge on any atom is 0.130 e. The van der Waals surface area contributed by atoms with E-state index in [9.17, 15) is 4.39 Å². The fraction of sp³-hybridized carbons (Fsp3) is 0.625. The highest BCUT2D eigenvalue weighted by Gasteiger charge is 2.19. The molecule has 1 nitrogen and oxygen atoms in total. The lowest BCUT2D eigenvalue weighted by Gasteiger charge is -2.24. The Kier molecular flexibility index (Phi) is 6.34. The van der Waals surface area contributed by atoms with Crippen LogP contribution in [0.4, 0.5) is 4.39 Å². The molecule has 1 N–H and O–H groups in total. The fourth-order valence-corrected chi connectivity index (χ4v) is 2.46. The van der Waals surface area contributed by atoms with Crippen LogP contribution < -0.4 is 5.32 Å². The molecule has 102 valence electrons. The van der Waals surface area contributed by atoms with Gasteiger partial charge in [-0.1, -0.05) is 51.8 Å². The molecular weight excluding hydrogens is 225 g/mol. The number of hydrogen-bond donors (Lipinski definition) is 1. The molecule has 0 heterocycles. The van der Waals surface area contributed by atoms with E-state index in [1.165, 1.54) is 0 Å². The smallest absolute Gasteiger partial charge is 0.130 e. The summed E-state index contributed by atoms with van der Waals surface area (Å²) >= 11 is 0. The number of benzene rings is 1. The van der Waals surface area contributed by atoms with Crippen molar-refractivity contribution >= 4 is 0 Å². The highest BCUT2D eigenvalue weighted by molar-refractivity contribution is 5.27. The van der Waals surface area contributed by atoms with Gasteiger partial charge in [0, 0.05) is 11.6 Å². The van der Waals surface area contributed by atoms with E-state index in [1.54, 1.807) is 0 Å². The third-order valence-corrected chi connectivity index (χ3v) is 3.77. The molecule has 18 heavy (non-hydrogen) atoms. The third kappa shape index (κ3) is 3.81. The maximum absolute atomic E-state index is 14.2. The van der Waals surface area contributed by atoms with Gasteiger partial charge in [-0.25, -0.2) is 4.39 Å². The van der Waals surface area contributed by atoms with Crippen LogP contribution in [0, 0.1) is 18.7 Å². The van der Waals surface area contributed by atoms with Gasteiger partial charge in [0.1, 0.15) is 5.82 Å². The zero-order chi connectivity index (χ0) is 13.5. The van der Waals surface area contributed by atoms with E-state index in [1.807, 2.05) is 25.1 Å². The number of nitrogens with one attached hydrogen (secondary N) is 1. The Bertz CT molecular complexity index is 358. The normalized spacial score (nSPS) is 13.0. The Hall–Kier alpha value is -0.890. The van der Waals surface area contributed by atoms with Crippen molar-refractivity contribution in [2.24, 2.45) is 5.92 Å². The van der Waals surface area contributed by atoms with Crippen molar-refractivity contribution in [2.45, 2.75) is 53.0 Å². The molecule has 1 atom stereocenters. The summed E-state index contributed by atoms with van der Waals surface area (Å²) in [5.41, 5.74) is 1.56. The van der Waals surface area contributed by atoms with Crippen LogP contribution >= 0.6 is 0 Å². The van der Waals surface area contributed by atoms with Crippen LogP contribution in [-0.4, -0.2) is 6.54 Å². The standard InChI is InChI=1S/C16H26FN/c1-5-13(6-2)11-15(18-7-3)14-10-8-9-12(4)16(14)17/h8-10,13,15,18H,5-7,11H2,1-4H3. The molecule has 0 amide bonds. The molecule has 0 aliphatic carbocycles. The van der Waals surface area contributed by atoms with Crippen molar-refractivity contribution in [2.75, 3.05) is 6.54 Å². The molecule has 0 aromatic heterocycles. The van der Waals surface area contributed by atoms with Gasteiger partial charge >= 0.3 is 0 Å². The molecule has 0 spiro atoms. The summed E-state index contributed by atoms with van der Waals surface area (Å²) in [4.78, 5) is 0. The molecular formula is C16H26FN. The highest BCUT2D eigenvalue weighted by Crippen LogP contribution is 2.28. The predicted octanol–water partition coefficient (Wildman–Crippen LogP) is 4.61. The van der Waals surface area contributed by atoms with Crippen LogP contribution in [0.1, 0.15) is 57.2 Å². The third-order valence-electron chi connectivity index (χ3n) is 3.77. The van der Waals surface area contributed by atoms with Gasteiger partial charge in [-0.3, -0.25) is 0 Å². The Morgan fingerprint density at radius 1 is 1.17 bits per heavy atom. The van der Waals surface area contributed by atoms with Gasteiger partial charge in [0.05, 0.1) is 0 Å². The van der Waals surface area contributed by atoms with Gasteiger partial charge in [-0.05, 0) is 31.4 Å². The Labute approximate surface area is 111 Å². The number of hydrogen-bond acceptors (Lipinski definition) is 1. The molecule has 0 saturated carbocycles. The molecule has 0 bridgehead atoms. The van der Waals surface area contributed by atoms with Gasteiger partial charge in [0.2, 0.25) is 0 Å². The summed E-state index contributed by atoms with van der Waals surface area (Å²) in [5.74, 6) is 0.614. The fourth-order valence-electron chi connectivity index (χ4n) is 2.46. The van der Waals surface area contributed by atoms with Crippen molar-refractivity contribution in [3.8, 4) is 0 Å². The van der Waals surface area contributed by atoms with Crippen molar-refractivity contribution < 1.29 is 4.39 Å². The van der Waals surface area contributed by atoms with Crippen LogP contribution in [0.3, 0.4) is 0 Å². The number of aryl methyl sites for hydroxylation is 1. The minimum atomic E-state index is -0.0468. The largest absolute Gasteiger partial charge is 0.310 e. The molecule has 0 fully saturated rings. The molecule has 0 aliphatic rings. The van der Waals surface area contributed by atoms with E-state index in [0.29, 0.717) is 5.92 Å². The summed E-state index contributed by atoms with van der Waals surface area (Å²) in [6.45, 7) is 9.21. The molecule has 1 aromatic carbocycles. The summed E-state index contributed by atoms with van der Waals surface area (Å²) in [7, 11) is 0. The van der Waals surface area contributed by atoms with Crippen LogP contribution in [0.25, 0.3) is 0 Å². The lowest BCUT2D eigenvalue weighted by molar-refractivity contribution is 0.367. The lowest BCUT2D eigenvalue weighted by atomic mass is 9.90. The summed E-state index contributed by atoms with van der Waals surface area (Å²) in [6, 6.07) is 5.84. The summed E-state index contributed by atoms with van der Waals surface area (Å²) < 4.78 is 14.2. The first-order valence-electron chi connectivity index (χ1n) is 7.12. The highest BCUT2D eigenvalue weighted by atomic mass is 19.1. The average Bonchev–Trinajstić information content (AvgIpc) is 2.38. The first kappa shape index (κ1) is 15.2. The first-order chi connectivity index (χ1) is 8.63. The van der Waals surface area contributed by atoms with Crippen LogP contribution in [-0.2, 0) is 0 Å². The van der Waals surface area contributed by atoms with Crippen LogP contribution in [0.5, 0.6) is 0 Å². The molecule has 0 saturated heterocycles. The molecule has 2 heteroatoms. The molecule has 1 rings (SSSR count). The second-order valence-electron chi connectivity index (χ2n) is 5.01. The Morgan fingerprint density at radius 2 is 1.83 bits per heavy atom. The summed E-state index contributed by atoms with van der Waals surface area (Å²) in [6.07, 6.45) is 3.33. The second-order valence-corrected chi connectivity index (χ2v) is 5.01. The summed E-state index contributed by atoms with van der Waals surface area (Å²) in [5, 5.41) is 3.43. The second kappa shape index (κ2) is 7.52. The molecule has 0 radical (unpaired) electrons. The van der Waals surface area contributed by atoms with Gasteiger partial charge in [-0.2, -0.15) is 0 Å². The van der Waals surface area contributed by atoms with E-state index in [0.717, 1.165) is 36.9 Å². The molecule has 1 unspecified atom stereocenters. The van der Waals surface area contributed by atoms with Gasteiger partial charge < -0.3 is 5.32 Å². The van der Waals surface area contributed by atoms with Gasteiger partial charge in [0.25, 0.3) is 0 Å². The van der Waals surface area contributed by atoms with E-state index in [4.69, 9.17) is 0 Å². The minimum absolute atomic E-state index is 0.0468. The minimum Gasteiger partial charge on any atom is -0.310 e. The van der Waals surface area contributed by atoms with Crippen LogP contribution in [0.2, 0.25) is 0 Å². The topological polar surface area (TPSA) is 12.0 Å². The Balaban J connectivity index is 2.93. The van der Waals surface area contributed by atoms with E-state index >= 15 is 0 Å². The van der Waals surface area contributed by atoms with E-state index in [-0.39, 0.29) is 11.9 Å². The van der Waals surface area contributed by atoms with E-state index in [2.05, 4.69) is 26.1 Å².